The molecule has 6 heteroatoms. The Morgan fingerprint density at radius 1 is 1.44 bits per heavy atom. The van der Waals surface area contributed by atoms with E-state index in [0.717, 1.165) is 6.42 Å². The Morgan fingerprint density at radius 2 is 2.17 bits per heavy atom. The summed E-state index contributed by atoms with van der Waals surface area (Å²) in [6.45, 7) is 3.64. The Bertz CT molecular complexity index is 417. The number of anilines is 1. The summed E-state index contributed by atoms with van der Waals surface area (Å²) in [6, 6.07) is 3.33. The van der Waals surface area contributed by atoms with Crippen LogP contribution < -0.4 is 10.6 Å². The van der Waals surface area contributed by atoms with Crippen molar-refractivity contribution in [2.45, 2.75) is 32.8 Å². The molecule has 0 fully saturated rings. The molecule has 0 radical (unpaired) electrons. The van der Waals surface area contributed by atoms with Gasteiger partial charge in [-0.2, -0.15) is 0 Å². The van der Waals surface area contributed by atoms with Crippen molar-refractivity contribution in [1.29, 1.82) is 0 Å². The molecule has 0 bridgehead atoms. The van der Waals surface area contributed by atoms with Gasteiger partial charge in [-0.05, 0) is 18.6 Å². The fourth-order valence-electron chi connectivity index (χ4n) is 1.43. The first-order chi connectivity index (χ1) is 8.52. The van der Waals surface area contributed by atoms with Crippen LogP contribution in [0.2, 0.25) is 0 Å². The number of carbonyl (C=O) groups excluding carboxylic acids is 2. The number of rotatable bonds is 6. The van der Waals surface area contributed by atoms with Crippen molar-refractivity contribution in [3.63, 3.8) is 0 Å². The first kappa shape index (κ1) is 14.7. The second kappa shape index (κ2) is 7.13. The minimum atomic E-state index is -0.506. The molecule has 0 aromatic carbocycles. The average Bonchev–Trinajstić information content (AvgIpc) is 2.74. The lowest BCUT2D eigenvalue weighted by atomic mass is 10.2. The predicted octanol–water partition coefficient (Wildman–Crippen LogP) is 1.60. The maximum Gasteiger partial charge on any atom is 0.261 e. The van der Waals surface area contributed by atoms with Crippen molar-refractivity contribution < 1.29 is 14.7 Å². The van der Waals surface area contributed by atoms with Crippen LogP contribution in [0.5, 0.6) is 0 Å². The second-order valence-electron chi connectivity index (χ2n) is 4.00. The molecule has 0 spiro atoms. The Hall–Kier alpha value is -1.40. The molecule has 1 aromatic heterocycles. The highest BCUT2D eigenvalue weighted by Gasteiger charge is 2.11. The highest BCUT2D eigenvalue weighted by Crippen LogP contribution is 2.21. The zero-order valence-electron chi connectivity index (χ0n) is 10.5. The fourth-order valence-corrected chi connectivity index (χ4v) is 2.30. The Morgan fingerprint density at radius 3 is 2.78 bits per heavy atom. The fraction of sp³-hybridized carbons (Fsp3) is 0.500. The number of carbonyl (C=O) groups is 2. The molecule has 1 heterocycles. The predicted molar refractivity (Wildman–Crippen MR) is 71.9 cm³/mol. The zero-order valence-corrected chi connectivity index (χ0v) is 11.3. The molecule has 100 valence electrons. The molecule has 1 unspecified atom stereocenters. The van der Waals surface area contributed by atoms with Gasteiger partial charge < -0.3 is 15.7 Å². The van der Waals surface area contributed by atoms with E-state index in [-0.39, 0.29) is 18.4 Å². The standard InChI is InChI=1S/C12H18N2O3S/c1-3-4-9(16)7-13-12(17)10-5-6-11(18-10)14-8(2)15/h5-6,9,16H,3-4,7H2,1-2H3,(H,13,17)(H,14,15). The van der Waals surface area contributed by atoms with Crippen molar-refractivity contribution >= 4 is 28.2 Å². The van der Waals surface area contributed by atoms with Gasteiger partial charge in [-0.15, -0.1) is 11.3 Å². The minimum Gasteiger partial charge on any atom is -0.391 e. The van der Waals surface area contributed by atoms with Crippen LogP contribution in [0.25, 0.3) is 0 Å². The zero-order chi connectivity index (χ0) is 13.5. The van der Waals surface area contributed by atoms with Crippen molar-refractivity contribution in [2.24, 2.45) is 0 Å². The summed E-state index contributed by atoms with van der Waals surface area (Å²) >= 11 is 1.21. The Labute approximate surface area is 110 Å². The molecule has 3 N–H and O–H groups in total. The maximum atomic E-state index is 11.7. The average molecular weight is 270 g/mol. The molecular weight excluding hydrogens is 252 g/mol. The van der Waals surface area contributed by atoms with E-state index in [0.29, 0.717) is 16.3 Å². The van der Waals surface area contributed by atoms with Gasteiger partial charge in [0.2, 0.25) is 5.91 Å². The molecule has 0 aliphatic rings. The Balaban J connectivity index is 2.46. The third-order valence-corrected chi connectivity index (χ3v) is 3.25. The lowest BCUT2D eigenvalue weighted by Gasteiger charge is -2.09. The number of nitrogens with one attached hydrogen (secondary N) is 2. The van der Waals surface area contributed by atoms with E-state index in [2.05, 4.69) is 10.6 Å². The van der Waals surface area contributed by atoms with Crippen LogP contribution in [0.3, 0.4) is 0 Å². The lowest BCUT2D eigenvalue weighted by molar-refractivity contribution is -0.114. The SMILES string of the molecule is CCCC(O)CNC(=O)c1ccc(NC(C)=O)s1. The van der Waals surface area contributed by atoms with E-state index in [1.165, 1.54) is 18.3 Å². The van der Waals surface area contributed by atoms with Gasteiger partial charge in [0, 0.05) is 13.5 Å². The number of thiophene rings is 1. The Kier molecular flexibility index (Phi) is 5.80. The van der Waals surface area contributed by atoms with E-state index >= 15 is 0 Å². The third-order valence-electron chi connectivity index (χ3n) is 2.25. The summed E-state index contributed by atoms with van der Waals surface area (Å²) in [7, 11) is 0. The molecule has 1 rings (SSSR count). The first-order valence-corrected chi connectivity index (χ1v) is 6.68. The van der Waals surface area contributed by atoms with Gasteiger partial charge in [0.1, 0.15) is 0 Å². The number of amides is 2. The third kappa shape index (κ3) is 4.85. The molecule has 1 aromatic rings. The molecule has 0 aliphatic heterocycles. The van der Waals surface area contributed by atoms with Crippen LogP contribution in [0.1, 0.15) is 36.4 Å². The van der Waals surface area contributed by atoms with Gasteiger partial charge in [0.25, 0.3) is 5.91 Å². The quantitative estimate of drug-likeness (QED) is 0.734. The van der Waals surface area contributed by atoms with Gasteiger partial charge >= 0.3 is 0 Å². The van der Waals surface area contributed by atoms with E-state index in [1.807, 2.05) is 6.92 Å². The summed E-state index contributed by atoms with van der Waals surface area (Å²) < 4.78 is 0. The summed E-state index contributed by atoms with van der Waals surface area (Å²) in [5.74, 6) is -0.395. The highest BCUT2D eigenvalue weighted by molar-refractivity contribution is 7.18. The first-order valence-electron chi connectivity index (χ1n) is 5.86. The van der Waals surface area contributed by atoms with Gasteiger partial charge in [-0.3, -0.25) is 9.59 Å². The van der Waals surface area contributed by atoms with Crippen molar-refractivity contribution in [3.8, 4) is 0 Å². The van der Waals surface area contributed by atoms with Crippen LogP contribution in [0, 0.1) is 0 Å². The van der Waals surface area contributed by atoms with Crippen molar-refractivity contribution in [2.75, 3.05) is 11.9 Å². The lowest BCUT2D eigenvalue weighted by Crippen LogP contribution is -2.31. The molecule has 0 saturated heterocycles. The van der Waals surface area contributed by atoms with Crippen molar-refractivity contribution in [1.82, 2.24) is 5.32 Å². The van der Waals surface area contributed by atoms with Crippen LogP contribution >= 0.6 is 11.3 Å². The molecule has 0 aliphatic carbocycles. The van der Waals surface area contributed by atoms with Crippen molar-refractivity contribution in [3.05, 3.63) is 17.0 Å². The summed E-state index contributed by atoms with van der Waals surface area (Å²) in [5.41, 5.74) is 0. The van der Waals surface area contributed by atoms with E-state index < -0.39 is 6.10 Å². The van der Waals surface area contributed by atoms with Gasteiger partial charge in [-0.25, -0.2) is 0 Å². The molecule has 2 amide bonds. The summed E-state index contributed by atoms with van der Waals surface area (Å²) in [6.07, 6.45) is 1.04. The topological polar surface area (TPSA) is 78.4 Å². The van der Waals surface area contributed by atoms with Gasteiger partial charge in [0.15, 0.2) is 0 Å². The monoisotopic (exact) mass is 270 g/mol. The molecule has 18 heavy (non-hydrogen) atoms. The number of aliphatic hydroxyl groups is 1. The summed E-state index contributed by atoms with van der Waals surface area (Å²) in [5, 5.41) is 15.4. The number of hydrogen-bond donors (Lipinski definition) is 3. The van der Waals surface area contributed by atoms with E-state index in [1.54, 1.807) is 12.1 Å². The highest BCUT2D eigenvalue weighted by atomic mass is 32.1. The van der Waals surface area contributed by atoms with Crippen LogP contribution in [0.15, 0.2) is 12.1 Å². The van der Waals surface area contributed by atoms with Gasteiger partial charge in [0.05, 0.1) is 16.0 Å². The smallest absolute Gasteiger partial charge is 0.261 e. The normalized spacial score (nSPS) is 11.9. The maximum absolute atomic E-state index is 11.7. The second-order valence-corrected chi connectivity index (χ2v) is 5.08. The molecule has 0 saturated carbocycles. The minimum absolute atomic E-state index is 0.165. The van der Waals surface area contributed by atoms with E-state index in [9.17, 15) is 14.7 Å². The van der Waals surface area contributed by atoms with E-state index in [4.69, 9.17) is 0 Å². The number of hydrogen-bond acceptors (Lipinski definition) is 4. The molecule has 5 nitrogen and oxygen atoms in total. The van der Waals surface area contributed by atoms with Crippen LogP contribution in [0.4, 0.5) is 5.00 Å². The molecular formula is C12H18N2O3S. The summed E-state index contributed by atoms with van der Waals surface area (Å²) in [4.78, 5) is 23.1. The molecule has 1 atom stereocenters. The van der Waals surface area contributed by atoms with Crippen LogP contribution in [-0.4, -0.2) is 29.6 Å². The van der Waals surface area contributed by atoms with Crippen LogP contribution in [-0.2, 0) is 4.79 Å². The van der Waals surface area contributed by atoms with Gasteiger partial charge in [-0.1, -0.05) is 13.3 Å². The largest absolute Gasteiger partial charge is 0.391 e. The number of aliphatic hydroxyl groups excluding tert-OH is 1.